The van der Waals surface area contributed by atoms with Gasteiger partial charge in [0.05, 0.1) is 19.8 Å². The van der Waals surface area contributed by atoms with Crippen molar-refractivity contribution in [2.45, 2.75) is 211 Å². The zero-order valence-electron chi connectivity index (χ0n) is 36.1. The van der Waals surface area contributed by atoms with E-state index in [-0.39, 0.29) is 19.2 Å². The third-order valence-corrected chi connectivity index (χ3v) is 10.2. The fraction of sp³-hybridized carbons (Fsp3) is 0.771. The lowest BCUT2D eigenvalue weighted by molar-refractivity contribution is -0.305. The second-order valence-corrected chi connectivity index (χ2v) is 15.5. The molecule has 0 aromatic heterocycles. The third-order valence-electron chi connectivity index (χ3n) is 10.2. The van der Waals surface area contributed by atoms with Crippen molar-refractivity contribution in [3.63, 3.8) is 0 Å². The highest BCUT2D eigenvalue weighted by Gasteiger charge is 2.44. The van der Waals surface area contributed by atoms with Gasteiger partial charge in [0.1, 0.15) is 30.5 Å². The van der Waals surface area contributed by atoms with Gasteiger partial charge in [-0.3, -0.25) is 4.79 Å². The molecule has 57 heavy (non-hydrogen) atoms. The molecule has 1 rings (SSSR count). The second-order valence-electron chi connectivity index (χ2n) is 15.5. The first kappa shape index (κ1) is 52.9. The number of rotatable bonds is 38. The van der Waals surface area contributed by atoms with Crippen LogP contribution in [0.3, 0.4) is 0 Å². The Morgan fingerprint density at radius 2 is 1.04 bits per heavy atom. The zero-order valence-corrected chi connectivity index (χ0v) is 36.1. The summed E-state index contributed by atoms with van der Waals surface area (Å²) in [6, 6.07) is 0. The maximum absolute atomic E-state index is 12.8. The molecule has 1 saturated heterocycles. The number of aliphatic hydroxyl groups is 4. The summed E-state index contributed by atoms with van der Waals surface area (Å²) in [7, 11) is 0. The van der Waals surface area contributed by atoms with Crippen molar-refractivity contribution in [3.8, 4) is 0 Å². The normalized spacial score (nSPS) is 21.0. The Morgan fingerprint density at radius 1 is 0.561 bits per heavy atom. The van der Waals surface area contributed by atoms with E-state index in [2.05, 4.69) is 74.6 Å². The first-order valence-corrected chi connectivity index (χ1v) is 22.9. The number of hydrogen-bond acceptors (Lipinski definition) is 9. The van der Waals surface area contributed by atoms with Crippen LogP contribution in [0.5, 0.6) is 0 Å². The lowest BCUT2D eigenvalue weighted by Crippen LogP contribution is -2.59. The van der Waals surface area contributed by atoms with Gasteiger partial charge in [0.25, 0.3) is 0 Å². The highest BCUT2D eigenvalue weighted by Crippen LogP contribution is 2.22. The molecule has 0 aromatic rings. The third kappa shape index (κ3) is 30.6. The summed E-state index contributed by atoms with van der Waals surface area (Å²) in [6.07, 6.45) is 42.4. The smallest absolute Gasteiger partial charge is 0.306 e. The molecule has 0 spiro atoms. The van der Waals surface area contributed by atoms with Crippen LogP contribution in [0.1, 0.15) is 174 Å². The standard InChI is InChI=1S/C48H84O9/c1-3-5-7-9-11-13-15-17-19-20-21-22-23-24-26-28-30-32-34-36-38-54-40-42(41-55-48-47(53)46(52)45(51)43(39-49)57-48)56-44(50)37-35-33-31-29-27-25-18-16-14-12-10-8-6-4-2/h10-13,16-19,21-22,42-43,45-49,51-53H,3-9,14-15,20,23-41H2,1-2H3/b12-10-,13-11-,18-16-,19-17-,22-21-. The maximum atomic E-state index is 12.8. The Bertz CT molecular complexity index is 1050. The summed E-state index contributed by atoms with van der Waals surface area (Å²) in [5.41, 5.74) is 0. The van der Waals surface area contributed by atoms with Crippen molar-refractivity contribution in [1.29, 1.82) is 0 Å². The molecule has 0 amide bonds. The van der Waals surface area contributed by atoms with Crippen molar-refractivity contribution in [2.24, 2.45) is 0 Å². The van der Waals surface area contributed by atoms with Gasteiger partial charge < -0.3 is 39.4 Å². The molecule has 1 aliphatic heterocycles. The molecule has 4 N–H and O–H groups in total. The second kappa shape index (κ2) is 39.4. The molecule has 1 fully saturated rings. The van der Waals surface area contributed by atoms with E-state index in [9.17, 15) is 25.2 Å². The van der Waals surface area contributed by atoms with Crippen molar-refractivity contribution in [1.82, 2.24) is 0 Å². The number of carbonyl (C=O) groups excluding carboxylic acids is 1. The van der Waals surface area contributed by atoms with Crippen LogP contribution in [-0.2, 0) is 23.7 Å². The summed E-state index contributed by atoms with van der Waals surface area (Å²) >= 11 is 0. The highest BCUT2D eigenvalue weighted by molar-refractivity contribution is 5.69. The predicted octanol–water partition coefficient (Wildman–Crippen LogP) is 10.3. The van der Waals surface area contributed by atoms with Crippen LogP contribution in [0.4, 0.5) is 0 Å². The van der Waals surface area contributed by atoms with Gasteiger partial charge in [-0.25, -0.2) is 0 Å². The molecule has 0 saturated carbocycles. The highest BCUT2D eigenvalue weighted by atomic mass is 16.7. The van der Waals surface area contributed by atoms with Gasteiger partial charge in [-0.2, -0.15) is 0 Å². The molecule has 9 nitrogen and oxygen atoms in total. The monoisotopic (exact) mass is 805 g/mol. The van der Waals surface area contributed by atoms with Crippen molar-refractivity contribution in [2.75, 3.05) is 26.4 Å². The van der Waals surface area contributed by atoms with Gasteiger partial charge in [-0.05, 0) is 77.0 Å². The maximum Gasteiger partial charge on any atom is 0.306 e. The van der Waals surface area contributed by atoms with Crippen LogP contribution in [0.15, 0.2) is 60.8 Å². The number of ether oxygens (including phenoxy) is 4. The largest absolute Gasteiger partial charge is 0.457 e. The summed E-state index contributed by atoms with van der Waals surface area (Å²) in [6.45, 7) is 4.44. The number of allylic oxidation sites excluding steroid dienone is 10. The van der Waals surface area contributed by atoms with Crippen LogP contribution in [0.2, 0.25) is 0 Å². The van der Waals surface area contributed by atoms with Crippen molar-refractivity contribution >= 4 is 5.97 Å². The fourth-order valence-corrected chi connectivity index (χ4v) is 6.51. The molecular weight excluding hydrogens is 721 g/mol. The summed E-state index contributed by atoms with van der Waals surface area (Å²) in [5, 5.41) is 40.1. The van der Waals surface area contributed by atoms with Gasteiger partial charge in [0, 0.05) is 13.0 Å². The van der Waals surface area contributed by atoms with Crippen LogP contribution >= 0.6 is 0 Å². The minimum absolute atomic E-state index is 0.126. The van der Waals surface area contributed by atoms with Gasteiger partial charge >= 0.3 is 5.97 Å². The van der Waals surface area contributed by atoms with E-state index in [0.29, 0.717) is 13.0 Å². The number of esters is 1. The number of carbonyl (C=O) groups is 1. The van der Waals surface area contributed by atoms with E-state index in [1.807, 2.05) is 0 Å². The Balaban J connectivity index is 2.27. The lowest BCUT2D eigenvalue weighted by Gasteiger charge is -2.39. The zero-order chi connectivity index (χ0) is 41.4. The molecule has 1 heterocycles. The Morgan fingerprint density at radius 3 is 1.58 bits per heavy atom. The average molecular weight is 805 g/mol. The molecular formula is C48H84O9. The van der Waals surface area contributed by atoms with Crippen LogP contribution in [0, 0.1) is 0 Å². The molecule has 0 bridgehead atoms. The van der Waals surface area contributed by atoms with Crippen molar-refractivity contribution < 1.29 is 44.2 Å². The number of hydrogen-bond donors (Lipinski definition) is 4. The Hall–Kier alpha value is -2.11. The van der Waals surface area contributed by atoms with Gasteiger partial charge in [-0.1, -0.05) is 152 Å². The fourth-order valence-electron chi connectivity index (χ4n) is 6.51. The summed E-state index contributed by atoms with van der Waals surface area (Å²) in [4.78, 5) is 12.8. The first-order chi connectivity index (χ1) is 27.9. The quantitative estimate of drug-likeness (QED) is 0.0273. The minimum Gasteiger partial charge on any atom is -0.457 e. The first-order valence-electron chi connectivity index (χ1n) is 22.9. The Labute approximate surface area is 347 Å². The van der Waals surface area contributed by atoms with Gasteiger partial charge in [0.15, 0.2) is 6.29 Å². The topological polar surface area (TPSA) is 135 Å². The molecule has 330 valence electrons. The van der Waals surface area contributed by atoms with Crippen LogP contribution < -0.4 is 0 Å². The van der Waals surface area contributed by atoms with Crippen LogP contribution in [0.25, 0.3) is 0 Å². The van der Waals surface area contributed by atoms with E-state index in [1.165, 1.54) is 70.6 Å². The van der Waals surface area contributed by atoms with E-state index in [1.54, 1.807) is 0 Å². The molecule has 0 aromatic carbocycles. The van der Waals surface area contributed by atoms with E-state index < -0.39 is 43.4 Å². The molecule has 0 radical (unpaired) electrons. The van der Waals surface area contributed by atoms with Gasteiger partial charge in [-0.15, -0.1) is 0 Å². The summed E-state index contributed by atoms with van der Waals surface area (Å²) in [5.74, 6) is -0.334. The van der Waals surface area contributed by atoms with Crippen LogP contribution in [-0.4, -0.2) is 89.6 Å². The molecule has 9 heteroatoms. The summed E-state index contributed by atoms with van der Waals surface area (Å²) < 4.78 is 22.8. The number of aliphatic hydroxyl groups excluding tert-OH is 4. The average Bonchev–Trinajstić information content (AvgIpc) is 3.21. The molecule has 6 unspecified atom stereocenters. The molecule has 1 aliphatic rings. The van der Waals surface area contributed by atoms with E-state index in [4.69, 9.17) is 18.9 Å². The minimum atomic E-state index is -1.54. The number of unbranched alkanes of at least 4 members (excludes halogenated alkanes) is 17. The molecule has 6 atom stereocenters. The predicted molar refractivity (Wildman–Crippen MR) is 233 cm³/mol. The van der Waals surface area contributed by atoms with E-state index in [0.717, 1.165) is 83.5 Å². The van der Waals surface area contributed by atoms with Crippen molar-refractivity contribution in [3.05, 3.63) is 60.8 Å². The van der Waals surface area contributed by atoms with E-state index >= 15 is 0 Å². The molecule has 0 aliphatic carbocycles. The lowest BCUT2D eigenvalue weighted by atomic mass is 9.99. The SMILES string of the molecule is CCCC/C=C\C/C=C\CCCCCCCC(=O)OC(COCCCCCCCCC/C=C\C/C=C\C/C=C\CCCCC)COC1OC(CO)C(O)C(O)C1O. The Kier molecular flexibility index (Phi) is 36.5. The van der Waals surface area contributed by atoms with Gasteiger partial charge in [0.2, 0.25) is 0 Å².